The van der Waals surface area contributed by atoms with Gasteiger partial charge in [-0.3, -0.25) is 29.5 Å². The van der Waals surface area contributed by atoms with Crippen molar-refractivity contribution in [3.05, 3.63) is 119 Å². The smallest absolute Gasteiger partial charge is 0.287 e. The van der Waals surface area contributed by atoms with Crippen LogP contribution in [0.4, 0.5) is 11.4 Å². The Kier molecular flexibility index (Phi) is 7.79. The van der Waals surface area contributed by atoms with Crippen molar-refractivity contribution < 1.29 is 35.5 Å². The molecule has 0 radical (unpaired) electrons. The van der Waals surface area contributed by atoms with Gasteiger partial charge in [-0.15, -0.1) is 0 Å². The highest BCUT2D eigenvalue weighted by Gasteiger charge is 2.28. The summed E-state index contributed by atoms with van der Waals surface area (Å²) in [5.41, 5.74) is 8.74. The van der Waals surface area contributed by atoms with Crippen LogP contribution in [0.25, 0.3) is 23.3 Å². The van der Waals surface area contributed by atoms with E-state index in [4.69, 9.17) is 0 Å². The van der Waals surface area contributed by atoms with Crippen molar-refractivity contribution in [3.8, 4) is 11.1 Å². The van der Waals surface area contributed by atoms with Gasteiger partial charge in [0.05, 0.1) is 11.4 Å². The summed E-state index contributed by atoms with van der Waals surface area (Å²) < 4.78 is 67.0. The number of rotatable bonds is 7. The molecule has 230 valence electrons. The molecule has 0 amide bonds. The summed E-state index contributed by atoms with van der Waals surface area (Å²) in [7, 11) is -9.22. The van der Waals surface area contributed by atoms with Crippen molar-refractivity contribution in [2.24, 2.45) is 10.2 Å². The number of ketones is 2. The molecule has 0 atom stereocenters. The molecule has 46 heavy (non-hydrogen) atoms. The number of hydrogen-bond acceptors (Lipinski definition) is 10. The predicted octanol–water partition coefficient (Wildman–Crippen LogP) is 4.67. The number of benzene rings is 4. The zero-order chi connectivity index (χ0) is 32.6. The van der Waals surface area contributed by atoms with Gasteiger partial charge in [0, 0.05) is 11.1 Å². The quantitative estimate of drug-likeness (QED) is 0.161. The first-order valence-corrected chi connectivity index (χ1v) is 16.3. The summed E-state index contributed by atoms with van der Waals surface area (Å²) in [5, 5.41) is 8.31. The Morgan fingerprint density at radius 3 is 1.22 bits per heavy atom. The van der Waals surface area contributed by atoms with Crippen LogP contribution in [-0.4, -0.2) is 48.9 Å². The third kappa shape index (κ3) is 6.05. The monoisotopic (exact) mass is 654 g/mol. The third-order valence-corrected chi connectivity index (χ3v) is 8.93. The van der Waals surface area contributed by atoms with E-state index in [1.54, 1.807) is 60.7 Å². The molecule has 2 aliphatic carbocycles. The zero-order valence-corrected chi connectivity index (χ0v) is 25.1. The molecule has 4 aromatic carbocycles. The molecule has 4 N–H and O–H groups in total. The van der Waals surface area contributed by atoms with Gasteiger partial charge in [0.25, 0.3) is 20.2 Å². The van der Waals surface area contributed by atoms with Gasteiger partial charge in [0.1, 0.15) is 21.2 Å². The van der Waals surface area contributed by atoms with Crippen LogP contribution in [0.2, 0.25) is 0 Å². The first-order valence-electron chi connectivity index (χ1n) is 13.4. The number of allylic oxidation sites excluding steroid dienone is 2. The fourth-order valence-electron chi connectivity index (χ4n) is 4.98. The van der Waals surface area contributed by atoms with Gasteiger partial charge in [-0.05, 0) is 70.8 Å². The standard InChI is InChI=1S/C32H22N4O8S2/c37-25-17-11-21-3-1-5-27(45(39,40)41)29(21)31(25)35-33-23-13-7-19(8-14-23)20-9-15-24(16-10-20)34-36-32-26(38)18-12-22-4-2-6-28(30(22)32)46(42,43)44/h1-18,33-34H,(H,39,40,41)(H,42,43,44). The van der Waals surface area contributed by atoms with Crippen LogP contribution in [0.5, 0.6) is 0 Å². The summed E-state index contributed by atoms with van der Waals surface area (Å²) in [6.45, 7) is 0. The molecule has 0 heterocycles. The molecule has 0 fully saturated rings. The molecule has 4 aromatic rings. The highest BCUT2D eigenvalue weighted by molar-refractivity contribution is 7.86. The van der Waals surface area contributed by atoms with Crippen LogP contribution < -0.4 is 10.9 Å². The van der Waals surface area contributed by atoms with E-state index in [1.165, 1.54) is 48.6 Å². The average Bonchev–Trinajstić information content (AvgIpc) is 3.03. The number of nitrogens with zero attached hydrogens (tertiary/aromatic N) is 2. The van der Waals surface area contributed by atoms with E-state index in [0.29, 0.717) is 22.5 Å². The van der Waals surface area contributed by atoms with E-state index >= 15 is 0 Å². The molecular formula is C32H22N4O8S2. The highest BCUT2D eigenvalue weighted by atomic mass is 32.2. The SMILES string of the molecule is O=C1C=Cc2cccc(S(=O)(=O)O)c2C1=NNc1ccc(-c2ccc(NN=C3C(=O)C=Cc4cccc(S(=O)(=O)O)c43)cc2)cc1. The lowest BCUT2D eigenvalue weighted by atomic mass is 9.95. The molecule has 0 bridgehead atoms. The first kappa shape index (κ1) is 30.5. The van der Waals surface area contributed by atoms with Gasteiger partial charge in [-0.2, -0.15) is 27.0 Å². The van der Waals surface area contributed by atoms with E-state index in [9.17, 15) is 35.5 Å². The molecule has 0 saturated heterocycles. The van der Waals surface area contributed by atoms with E-state index in [0.717, 1.165) is 11.1 Å². The molecule has 0 unspecified atom stereocenters. The summed E-state index contributed by atoms with van der Waals surface area (Å²) >= 11 is 0. The van der Waals surface area contributed by atoms with E-state index in [1.807, 2.05) is 0 Å². The Bertz CT molecular complexity index is 2110. The van der Waals surface area contributed by atoms with Crippen molar-refractivity contribution in [1.29, 1.82) is 0 Å². The number of carbonyl (C=O) groups is 2. The minimum Gasteiger partial charge on any atom is -0.287 e. The maximum absolute atomic E-state index is 12.6. The molecule has 6 rings (SSSR count). The fraction of sp³-hybridized carbons (Fsp3) is 0. The topological polar surface area (TPSA) is 192 Å². The lowest BCUT2D eigenvalue weighted by molar-refractivity contribution is -0.109. The second-order valence-electron chi connectivity index (χ2n) is 10.1. The van der Waals surface area contributed by atoms with Crippen molar-refractivity contribution in [2.75, 3.05) is 10.9 Å². The third-order valence-electron chi connectivity index (χ3n) is 7.14. The Hall–Kier alpha value is -5.54. The minimum atomic E-state index is -4.61. The van der Waals surface area contributed by atoms with E-state index in [2.05, 4.69) is 21.1 Å². The molecule has 14 heteroatoms. The van der Waals surface area contributed by atoms with Gasteiger partial charge in [0.15, 0.2) is 0 Å². The van der Waals surface area contributed by atoms with Crippen LogP contribution >= 0.6 is 0 Å². The number of hydrogen-bond donors (Lipinski definition) is 4. The maximum atomic E-state index is 12.6. The van der Waals surface area contributed by atoms with Crippen LogP contribution in [0.3, 0.4) is 0 Å². The van der Waals surface area contributed by atoms with Crippen LogP contribution in [-0.2, 0) is 29.8 Å². The van der Waals surface area contributed by atoms with Crippen LogP contribution in [0.15, 0.2) is 117 Å². The van der Waals surface area contributed by atoms with Crippen molar-refractivity contribution in [3.63, 3.8) is 0 Å². The lowest BCUT2D eigenvalue weighted by Gasteiger charge is -2.15. The van der Waals surface area contributed by atoms with Crippen molar-refractivity contribution >= 4 is 66.8 Å². The number of anilines is 2. The number of hydrazone groups is 2. The Morgan fingerprint density at radius 1 is 0.500 bits per heavy atom. The van der Waals surface area contributed by atoms with Gasteiger partial charge >= 0.3 is 0 Å². The van der Waals surface area contributed by atoms with Crippen molar-refractivity contribution in [2.45, 2.75) is 9.79 Å². The van der Waals surface area contributed by atoms with Gasteiger partial charge in [0.2, 0.25) is 11.6 Å². The molecule has 12 nitrogen and oxygen atoms in total. The van der Waals surface area contributed by atoms with Crippen LogP contribution in [0.1, 0.15) is 22.3 Å². The normalized spacial score (nSPS) is 16.0. The van der Waals surface area contributed by atoms with Crippen LogP contribution in [0, 0.1) is 0 Å². The largest absolute Gasteiger partial charge is 0.295 e. The Balaban J connectivity index is 1.19. The fourth-order valence-corrected chi connectivity index (χ4v) is 6.43. The predicted molar refractivity (Wildman–Crippen MR) is 173 cm³/mol. The lowest BCUT2D eigenvalue weighted by Crippen LogP contribution is -2.22. The zero-order valence-electron chi connectivity index (χ0n) is 23.4. The number of carbonyl (C=O) groups excluding carboxylic acids is 2. The molecule has 0 saturated carbocycles. The van der Waals surface area contributed by atoms with E-state index in [-0.39, 0.29) is 22.6 Å². The molecule has 0 spiro atoms. The Labute approximate surface area is 263 Å². The second kappa shape index (κ2) is 11.8. The molecule has 2 aliphatic rings. The summed E-state index contributed by atoms with van der Waals surface area (Å²) in [6, 6.07) is 22.6. The summed E-state index contributed by atoms with van der Waals surface area (Å²) in [6.07, 6.45) is 5.45. The maximum Gasteiger partial charge on any atom is 0.295 e. The van der Waals surface area contributed by atoms with Gasteiger partial charge in [-0.1, -0.05) is 60.7 Å². The van der Waals surface area contributed by atoms with Gasteiger partial charge in [-0.25, -0.2) is 0 Å². The van der Waals surface area contributed by atoms with Gasteiger partial charge < -0.3 is 0 Å². The summed E-state index contributed by atoms with van der Waals surface area (Å²) in [5.74, 6) is -1.06. The van der Waals surface area contributed by atoms with Crippen molar-refractivity contribution in [1.82, 2.24) is 0 Å². The molecule has 0 aliphatic heterocycles. The molecular weight excluding hydrogens is 633 g/mol. The summed E-state index contributed by atoms with van der Waals surface area (Å²) in [4.78, 5) is 24.3. The number of fused-ring (bicyclic) bond motifs is 2. The minimum absolute atomic E-state index is 0.00727. The Morgan fingerprint density at radius 2 is 0.870 bits per heavy atom. The number of nitrogens with one attached hydrogen (secondary N) is 2. The van der Waals surface area contributed by atoms with E-state index < -0.39 is 41.6 Å². The highest BCUT2D eigenvalue weighted by Crippen LogP contribution is 2.28. The molecule has 0 aromatic heterocycles. The first-order chi connectivity index (χ1) is 21.9. The average molecular weight is 655 g/mol. The second-order valence-corrected chi connectivity index (χ2v) is 12.9.